The summed E-state index contributed by atoms with van der Waals surface area (Å²) < 4.78 is 0. The Balaban J connectivity index is 2.15. The van der Waals surface area contributed by atoms with E-state index in [1.165, 1.54) is 25.9 Å². The third-order valence-electron chi connectivity index (χ3n) is 4.00. The molecule has 1 aliphatic heterocycles. The lowest BCUT2D eigenvalue weighted by atomic mass is 9.88. The molecule has 0 aromatic carbocycles. The summed E-state index contributed by atoms with van der Waals surface area (Å²) in [4.78, 5) is 2.39. The van der Waals surface area contributed by atoms with E-state index in [0.29, 0.717) is 5.84 Å². The second kappa shape index (κ2) is 6.95. The summed E-state index contributed by atoms with van der Waals surface area (Å²) in [5, 5.41) is 15.3. The Labute approximate surface area is 110 Å². The van der Waals surface area contributed by atoms with Crippen molar-refractivity contribution < 1.29 is 5.21 Å². The molecule has 1 fully saturated rings. The van der Waals surface area contributed by atoms with Gasteiger partial charge in [-0.25, -0.2) is 0 Å². The lowest BCUT2D eigenvalue weighted by Gasteiger charge is -2.29. The van der Waals surface area contributed by atoms with Crippen molar-refractivity contribution in [3.8, 4) is 0 Å². The van der Waals surface area contributed by atoms with E-state index in [-0.39, 0.29) is 5.41 Å². The molecule has 5 nitrogen and oxygen atoms in total. The number of nitrogens with one attached hydrogen (secondary N) is 1. The molecule has 18 heavy (non-hydrogen) atoms. The summed E-state index contributed by atoms with van der Waals surface area (Å²) in [6.07, 6.45) is 3.45. The van der Waals surface area contributed by atoms with Crippen molar-refractivity contribution in [2.75, 3.05) is 33.2 Å². The smallest absolute Gasteiger partial charge is 0.144 e. The van der Waals surface area contributed by atoms with Crippen LogP contribution in [0.3, 0.4) is 0 Å². The molecule has 1 heterocycles. The van der Waals surface area contributed by atoms with Crippen LogP contribution in [0.15, 0.2) is 5.16 Å². The normalized spacial score (nSPS) is 20.3. The lowest BCUT2D eigenvalue weighted by Crippen LogP contribution is -2.38. The molecule has 106 valence electrons. The van der Waals surface area contributed by atoms with Crippen molar-refractivity contribution in [2.45, 2.75) is 33.1 Å². The second-order valence-corrected chi connectivity index (χ2v) is 6.07. The maximum absolute atomic E-state index is 8.69. The van der Waals surface area contributed by atoms with Crippen LogP contribution >= 0.6 is 0 Å². The van der Waals surface area contributed by atoms with E-state index in [1.807, 2.05) is 13.8 Å². The molecule has 0 spiro atoms. The van der Waals surface area contributed by atoms with Crippen LogP contribution in [0.1, 0.15) is 33.1 Å². The average Bonchev–Trinajstić information content (AvgIpc) is 2.35. The number of hydrogen-bond acceptors (Lipinski definition) is 4. The van der Waals surface area contributed by atoms with Gasteiger partial charge in [-0.3, -0.25) is 0 Å². The molecule has 0 atom stereocenters. The van der Waals surface area contributed by atoms with Crippen molar-refractivity contribution in [3.05, 3.63) is 0 Å². The molecule has 1 saturated heterocycles. The van der Waals surface area contributed by atoms with Gasteiger partial charge in [-0.05, 0) is 58.4 Å². The predicted octanol–water partition coefficient (Wildman–Crippen LogP) is 1.08. The molecule has 0 aromatic heterocycles. The molecule has 0 bridgehead atoms. The minimum atomic E-state index is -0.242. The molecule has 0 aromatic rings. The first-order valence-corrected chi connectivity index (χ1v) is 6.83. The molecule has 0 unspecified atom stereocenters. The van der Waals surface area contributed by atoms with Crippen molar-refractivity contribution in [3.63, 3.8) is 0 Å². The molecular weight excluding hydrogens is 228 g/mol. The van der Waals surface area contributed by atoms with Gasteiger partial charge < -0.3 is 21.2 Å². The first-order valence-electron chi connectivity index (χ1n) is 6.83. The van der Waals surface area contributed by atoms with Crippen molar-refractivity contribution in [2.24, 2.45) is 22.2 Å². The van der Waals surface area contributed by atoms with Gasteiger partial charge in [0.2, 0.25) is 0 Å². The fraction of sp³-hybridized carbons (Fsp3) is 0.923. The summed E-state index contributed by atoms with van der Waals surface area (Å²) in [6, 6.07) is 0. The zero-order chi connectivity index (χ0) is 13.6. The molecular formula is C13H28N4O. The number of hydrogen-bond donors (Lipinski definition) is 3. The Hall–Kier alpha value is -0.810. The number of nitrogens with two attached hydrogens (primary N) is 1. The van der Waals surface area contributed by atoms with Gasteiger partial charge in [-0.2, -0.15) is 0 Å². The predicted molar refractivity (Wildman–Crippen MR) is 74.9 cm³/mol. The first kappa shape index (κ1) is 15.2. The molecule has 0 amide bonds. The van der Waals surface area contributed by atoms with E-state index in [0.717, 1.165) is 25.4 Å². The largest absolute Gasteiger partial charge is 0.409 e. The monoisotopic (exact) mass is 256 g/mol. The van der Waals surface area contributed by atoms with Gasteiger partial charge in [-0.15, -0.1) is 0 Å². The fourth-order valence-corrected chi connectivity index (χ4v) is 2.24. The second-order valence-electron chi connectivity index (χ2n) is 6.07. The van der Waals surface area contributed by atoms with Crippen molar-refractivity contribution in [1.82, 2.24) is 10.2 Å². The molecule has 1 aliphatic rings. The third-order valence-corrected chi connectivity index (χ3v) is 4.00. The van der Waals surface area contributed by atoms with Crippen molar-refractivity contribution >= 4 is 5.84 Å². The minimum Gasteiger partial charge on any atom is -0.409 e. The van der Waals surface area contributed by atoms with Crippen molar-refractivity contribution in [1.29, 1.82) is 0 Å². The quantitative estimate of drug-likeness (QED) is 0.219. The molecule has 4 N–H and O–H groups in total. The highest BCUT2D eigenvalue weighted by molar-refractivity contribution is 5.85. The van der Waals surface area contributed by atoms with Gasteiger partial charge in [0.05, 0.1) is 0 Å². The van der Waals surface area contributed by atoms with Crippen LogP contribution < -0.4 is 11.1 Å². The third kappa shape index (κ3) is 4.82. The molecule has 1 rings (SSSR count). The number of piperidine rings is 1. The molecule has 0 saturated carbocycles. The first-order chi connectivity index (χ1) is 8.45. The van der Waals surface area contributed by atoms with E-state index in [1.54, 1.807) is 0 Å². The number of oxime groups is 1. The van der Waals surface area contributed by atoms with E-state index in [9.17, 15) is 0 Å². The number of likely N-dealkylation sites (tertiary alicyclic amines) is 1. The maximum atomic E-state index is 8.69. The highest BCUT2D eigenvalue weighted by atomic mass is 16.4. The Morgan fingerprint density at radius 1 is 1.44 bits per heavy atom. The summed E-state index contributed by atoms with van der Waals surface area (Å²) in [5.41, 5.74) is 5.42. The molecule has 0 radical (unpaired) electrons. The molecule has 0 aliphatic carbocycles. The Bertz CT molecular complexity index is 270. The summed E-state index contributed by atoms with van der Waals surface area (Å²) in [5.74, 6) is 1.11. The SMILES string of the molecule is CN1CCC(CNCCC(C)(C)C(N)=NO)CC1. The zero-order valence-corrected chi connectivity index (χ0v) is 11.9. The summed E-state index contributed by atoms with van der Waals surface area (Å²) >= 11 is 0. The minimum absolute atomic E-state index is 0.242. The average molecular weight is 256 g/mol. The Kier molecular flexibility index (Phi) is 5.88. The summed E-state index contributed by atoms with van der Waals surface area (Å²) in [6.45, 7) is 8.41. The standard InChI is InChI=1S/C13H28N4O/c1-13(2,12(14)16-18)6-7-15-10-11-4-8-17(3)9-5-11/h11,15,18H,4-10H2,1-3H3,(H2,14,16). The molecule has 5 heteroatoms. The van der Waals surface area contributed by atoms with E-state index < -0.39 is 0 Å². The van der Waals surface area contributed by atoms with Crippen LogP contribution in [0.5, 0.6) is 0 Å². The number of rotatable bonds is 6. The van der Waals surface area contributed by atoms with E-state index in [4.69, 9.17) is 10.9 Å². The van der Waals surface area contributed by atoms with Crippen LogP contribution in [0.2, 0.25) is 0 Å². The van der Waals surface area contributed by atoms with Crippen LogP contribution in [0, 0.1) is 11.3 Å². The Morgan fingerprint density at radius 3 is 2.61 bits per heavy atom. The van der Waals surface area contributed by atoms with Gasteiger partial charge in [0.1, 0.15) is 5.84 Å². The Morgan fingerprint density at radius 2 is 2.06 bits per heavy atom. The number of amidine groups is 1. The van der Waals surface area contributed by atoms with Crippen LogP contribution in [0.25, 0.3) is 0 Å². The van der Waals surface area contributed by atoms with Crippen LogP contribution in [-0.2, 0) is 0 Å². The zero-order valence-electron chi connectivity index (χ0n) is 11.9. The van der Waals surface area contributed by atoms with Crippen LogP contribution in [0.4, 0.5) is 0 Å². The van der Waals surface area contributed by atoms with Crippen LogP contribution in [-0.4, -0.2) is 49.2 Å². The topological polar surface area (TPSA) is 73.9 Å². The van der Waals surface area contributed by atoms with Gasteiger partial charge in [0.15, 0.2) is 0 Å². The van der Waals surface area contributed by atoms with Gasteiger partial charge in [-0.1, -0.05) is 19.0 Å². The summed E-state index contributed by atoms with van der Waals surface area (Å²) in [7, 11) is 2.18. The maximum Gasteiger partial charge on any atom is 0.144 e. The van der Waals surface area contributed by atoms with E-state index >= 15 is 0 Å². The number of nitrogens with zero attached hydrogens (tertiary/aromatic N) is 2. The fourth-order valence-electron chi connectivity index (χ4n) is 2.24. The van der Waals surface area contributed by atoms with Gasteiger partial charge in [0, 0.05) is 5.41 Å². The van der Waals surface area contributed by atoms with Gasteiger partial charge in [0.25, 0.3) is 0 Å². The van der Waals surface area contributed by atoms with Gasteiger partial charge >= 0.3 is 0 Å². The highest BCUT2D eigenvalue weighted by Gasteiger charge is 2.23. The van der Waals surface area contributed by atoms with E-state index in [2.05, 4.69) is 22.4 Å². The lowest BCUT2D eigenvalue weighted by molar-refractivity contribution is 0.215. The highest BCUT2D eigenvalue weighted by Crippen LogP contribution is 2.20.